The van der Waals surface area contributed by atoms with Gasteiger partial charge in [-0.3, -0.25) is 76.7 Å². The van der Waals surface area contributed by atoms with E-state index in [1.807, 2.05) is 38.1 Å². The maximum Gasteiger partial charge on any atom is 0.305 e. The summed E-state index contributed by atoms with van der Waals surface area (Å²) in [4.78, 5) is 246. The van der Waals surface area contributed by atoms with Gasteiger partial charge in [0.05, 0.1) is 57.8 Å². The summed E-state index contributed by atoms with van der Waals surface area (Å²) in [6.45, 7) is 7.08. The monoisotopic (exact) mass is 1780 g/mol. The molecular weight excluding hydrogens is 1660 g/mol. The Morgan fingerprint density at radius 3 is 1.63 bits per heavy atom. The second kappa shape index (κ2) is 49.1. The number of phenolic OH excluding ortho intramolecular Hbond substituents is 2. The van der Waals surface area contributed by atoms with Crippen LogP contribution in [0, 0.1) is 18.8 Å². The third kappa shape index (κ3) is 32.1. The normalized spacial score (nSPS) is 13.0. The molecule has 8 atom stereocenters. The largest absolute Gasteiger partial charge is 0.508 e. The zero-order chi connectivity index (χ0) is 93.3. The van der Waals surface area contributed by atoms with Gasteiger partial charge in [0.1, 0.15) is 65.7 Å². The molecule has 684 valence electrons. The summed E-state index contributed by atoms with van der Waals surface area (Å²) in [5.41, 5.74) is 9.57. The molecular formula is C87H116N20O19S. The molecule has 0 bridgehead atoms. The van der Waals surface area contributed by atoms with Crippen molar-refractivity contribution in [1.29, 1.82) is 0 Å². The second-order valence-corrected chi connectivity index (χ2v) is 33.0. The first kappa shape index (κ1) is 100. The molecule has 0 aliphatic heterocycles. The molecule has 15 amide bonds. The van der Waals surface area contributed by atoms with Gasteiger partial charge in [0.15, 0.2) is 0 Å². The molecule has 17 N–H and O–H groups in total. The molecule has 0 fully saturated rings. The number of aryl methyl sites for hydroxylation is 1. The molecule has 0 saturated heterocycles. The molecule has 3 aromatic heterocycles. The van der Waals surface area contributed by atoms with Gasteiger partial charge in [0.2, 0.25) is 88.6 Å². The highest BCUT2D eigenvalue weighted by Gasteiger charge is 2.40. The lowest BCUT2D eigenvalue weighted by Crippen LogP contribution is -2.61. The van der Waals surface area contributed by atoms with Crippen molar-refractivity contribution in [2.75, 3.05) is 86.0 Å². The number of unbranched alkanes of at least 4 members (excludes halogenated alkanes) is 1. The number of fused-ring (bicyclic) bond motifs is 1. The number of aromatic amines is 3. The number of carbonyl (C=O) groups is 16. The van der Waals surface area contributed by atoms with E-state index in [1.165, 1.54) is 118 Å². The lowest BCUT2D eigenvalue weighted by atomic mass is 9.99. The number of primary amides is 1. The standard InChI is InChI=1S/C87H116N20O19S/c1-12-13-19-68(106(10)76(116)47-105(9)84(123)66(33-53-17-15-14-16-18-53)99-75(115)48-127-31-30-50(2)3)86(125)104(8)46-74(114)98-65(38-77(117)118)82(121)102-78(51(4)5)87(126)107(11)69(37-58-41-89-49-95-58)83(122)101-67(34-55-22-27-60(109)28-23-55)85(124)103(7)45-73(113)97-64(36-57-40-90-62-35-56(24-29-61(57)62)79-93-39-52(6)96-79)81(120)100-63(32-54-20-25-59(108)26-21-54)80(119)94-44-72(112)92-43-71(111)91-42-70(88)110/h14-18,20-29,35,39-41,49-51,63-69,78,90,108-109H,12-13,19,30-34,36-38,42-48H2,1-11H3,(H2,88,110)(H,89,95)(H,91,111)(H,92,112)(H,93,96)(H,94,119)(H,97,113)(H,98,114)(H,99,115)(H,100,120)(H,101,122)(H,102,121)(H,117,118)/t63-,64-,65?,66-,67-,68-,69-,78-/m0/s1. The number of aliphatic carboxylic acids is 1. The summed E-state index contributed by atoms with van der Waals surface area (Å²) >= 11 is 1.44. The number of aromatic hydroxyl groups is 2. The number of carbonyl (C=O) groups excluding carboxylic acids is 15. The summed E-state index contributed by atoms with van der Waals surface area (Å²) in [6.07, 6.45) is 5.97. The van der Waals surface area contributed by atoms with Crippen LogP contribution in [0.4, 0.5) is 0 Å². The number of hydrogen-bond donors (Lipinski definition) is 16. The molecule has 0 saturated carbocycles. The van der Waals surface area contributed by atoms with Gasteiger partial charge in [0, 0.05) is 114 Å². The van der Waals surface area contributed by atoms with Gasteiger partial charge >= 0.3 is 5.97 Å². The molecule has 7 aromatic rings. The minimum absolute atomic E-state index is 0.115. The number of thioether (sulfide) groups is 1. The van der Waals surface area contributed by atoms with Gasteiger partial charge in [0.25, 0.3) is 0 Å². The zero-order valence-corrected chi connectivity index (χ0v) is 73.9. The van der Waals surface area contributed by atoms with E-state index in [0.717, 1.165) is 38.1 Å². The molecule has 0 aliphatic carbocycles. The summed E-state index contributed by atoms with van der Waals surface area (Å²) in [5.74, 6) is -13.2. The number of nitrogens with one attached hydrogen (secondary N) is 12. The lowest BCUT2D eigenvalue weighted by Gasteiger charge is -2.34. The number of amides is 15. The van der Waals surface area contributed by atoms with E-state index < -0.39 is 189 Å². The number of benzene rings is 4. The first-order valence-electron chi connectivity index (χ1n) is 41.4. The van der Waals surface area contributed by atoms with Crippen LogP contribution in [0.15, 0.2) is 122 Å². The summed E-state index contributed by atoms with van der Waals surface area (Å²) in [7, 11) is 6.53. The summed E-state index contributed by atoms with van der Waals surface area (Å²) < 4.78 is 0. The van der Waals surface area contributed by atoms with Crippen LogP contribution >= 0.6 is 11.8 Å². The van der Waals surface area contributed by atoms with Crippen LogP contribution < -0.4 is 53.6 Å². The number of carboxylic acid groups (broad SMARTS) is 1. The molecule has 127 heavy (non-hydrogen) atoms. The van der Waals surface area contributed by atoms with Gasteiger partial charge in [-0.15, -0.1) is 0 Å². The summed E-state index contributed by atoms with van der Waals surface area (Å²) in [6, 6.07) is 13.8. The van der Waals surface area contributed by atoms with E-state index in [2.05, 4.69) is 86.6 Å². The van der Waals surface area contributed by atoms with E-state index >= 15 is 14.4 Å². The predicted octanol–water partition coefficient (Wildman–Crippen LogP) is 0.386. The number of likely N-dealkylation sites (N-methyl/N-ethyl adjacent to an activating group) is 5. The van der Waals surface area contributed by atoms with Crippen molar-refractivity contribution in [1.82, 2.24) is 97.3 Å². The zero-order valence-electron chi connectivity index (χ0n) is 73.0. The third-order valence-electron chi connectivity index (χ3n) is 20.7. The fourth-order valence-corrected chi connectivity index (χ4v) is 14.6. The molecule has 40 heteroatoms. The highest BCUT2D eigenvalue weighted by Crippen LogP contribution is 2.27. The van der Waals surface area contributed by atoms with Crippen molar-refractivity contribution in [3.05, 3.63) is 156 Å². The average molecular weight is 1780 g/mol. The van der Waals surface area contributed by atoms with Gasteiger partial charge < -0.3 is 108 Å². The Morgan fingerprint density at radius 2 is 1.06 bits per heavy atom. The Balaban J connectivity index is 1.08. The van der Waals surface area contributed by atoms with Gasteiger partial charge in [-0.25, -0.2) is 9.97 Å². The van der Waals surface area contributed by atoms with E-state index in [4.69, 9.17) is 5.73 Å². The molecule has 4 aromatic carbocycles. The minimum Gasteiger partial charge on any atom is -0.508 e. The summed E-state index contributed by atoms with van der Waals surface area (Å²) in [5, 5.41) is 54.0. The van der Waals surface area contributed by atoms with Crippen molar-refractivity contribution < 1.29 is 92.0 Å². The number of H-pyrrole nitrogens is 3. The molecule has 1 unspecified atom stereocenters. The predicted molar refractivity (Wildman–Crippen MR) is 470 cm³/mol. The number of nitrogens with zero attached hydrogens (tertiary/aromatic N) is 7. The van der Waals surface area contributed by atoms with Crippen LogP contribution in [-0.4, -0.2) is 294 Å². The van der Waals surface area contributed by atoms with Gasteiger partial charge in [-0.05, 0) is 89.9 Å². The minimum atomic E-state index is -1.89. The first-order valence-corrected chi connectivity index (χ1v) is 42.6. The van der Waals surface area contributed by atoms with Crippen molar-refractivity contribution >= 4 is 117 Å². The Bertz CT molecular complexity index is 4970. The van der Waals surface area contributed by atoms with E-state index in [-0.39, 0.29) is 61.7 Å². The van der Waals surface area contributed by atoms with Crippen LogP contribution in [0.1, 0.15) is 100 Å². The molecule has 0 aliphatic rings. The molecule has 0 spiro atoms. The number of rotatable bonds is 50. The van der Waals surface area contributed by atoms with Crippen LogP contribution in [0.25, 0.3) is 22.3 Å². The number of phenols is 2. The van der Waals surface area contributed by atoms with Crippen molar-refractivity contribution in [3.63, 3.8) is 0 Å². The highest BCUT2D eigenvalue weighted by molar-refractivity contribution is 7.99. The molecule has 3 heterocycles. The molecule has 7 rings (SSSR count). The Kier molecular flexibility index (Phi) is 38.8. The molecule has 39 nitrogen and oxygen atoms in total. The number of carboxylic acids is 1. The van der Waals surface area contributed by atoms with E-state index in [1.54, 1.807) is 50.5 Å². The number of hydrogen-bond acceptors (Lipinski definition) is 21. The van der Waals surface area contributed by atoms with Crippen LogP contribution in [0.5, 0.6) is 11.5 Å². The van der Waals surface area contributed by atoms with E-state index in [9.17, 15) is 77.6 Å². The second-order valence-electron chi connectivity index (χ2n) is 31.9. The topological polar surface area (TPSA) is 557 Å². The van der Waals surface area contributed by atoms with Crippen molar-refractivity contribution in [2.24, 2.45) is 17.6 Å². The van der Waals surface area contributed by atoms with Crippen LogP contribution in [0.3, 0.4) is 0 Å². The fraction of sp³-hybridized carbons (Fsp3) is 0.448. The van der Waals surface area contributed by atoms with Crippen molar-refractivity contribution in [3.8, 4) is 22.9 Å². The Labute approximate surface area is 739 Å². The SMILES string of the molecule is CCCC[C@@H](C(=O)N(C)CC(=O)NC(CC(=O)O)C(=O)N[C@H](C(=O)N(C)[C@@H](Cc1cnc[nH]1)C(=O)N[C@@H](Cc1ccc(O)cc1)C(=O)N(C)CC(=O)N[C@@H](Cc1c[nH]c2cc(-c3ncc(C)[nH]3)ccc12)C(=O)N[C@@H](Cc1ccc(O)cc1)C(=O)NCC(=O)NCC(=O)NCC(N)=O)C(C)C)N(C)C(=O)CN(C)C(=O)[C@H](Cc1ccccc1)NC(=O)CSCCC(C)C. The maximum atomic E-state index is 15.2. The number of imidazole rings is 2. The maximum absolute atomic E-state index is 15.2. The van der Waals surface area contributed by atoms with Gasteiger partial charge in [-0.1, -0.05) is 114 Å². The van der Waals surface area contributed by atoms with E-state index in [0.29, 0.717) is 63.4 Å². The quantitative estimate of drug-likeness (QED) is 0.0229. The number of aromatic nitrogens is 5. The van der Waals surface area contributed by atoms with Crippen LogP contribution in [0.2, 0.25) is 0 Å². The van der Waals surface area contributed by atoms with Crippen LogP contribution in [-0.2, 0) is 109 Å². The Morgan fingerprint density at radius 1 is 0.520 bits per heavy atom. The first-order chi connectivity index (χ1) is 60.3. The fourth-order valence-electron chi connectivity index (χ4n) is 13.6. The van der Waals surface area contributed by atoms with Crippen molar-refractivity contribution in [2.45, 2.75) is 154 Å². The smallest absolute Gasteiger partial charge is 0.305 e. The number of nitrogens with two attached hydrogens (primary N) is 1. The Hall–Kier alpha value is -13.7. The average Bonchev–Trinajstić information content (AvgIpc) is 1.66. The lowest BCUT2D eigenvalue weighted by molar-refractivity contribution is -0.148. The molecule has 0 radical (unpaired) electrons. The highest BCUT2D eigenvalue weighted by atomic mass is 32.2. The van der Waals surface area contributed by atoms with Gasteiger partial charge in [-0.2, -0.15) is 11.8 Å². The third-order valence-corrected chi connectivity index (χ3v) is 21.7.